The van der Waals surface area contributed by atoms with E-state index in [-0.39, 0.29) is 0 Å². The number of nitrogens with one attached hydrogen (secondary N) is 1. The van der Waals surface area contributed by atoms with Crippen molar-refractivity contribution in [3.05, 3.63) is 102 Å². The van der Waals surface area contributed by atoms with Crippen molar-refractivity contribution in [1.29, 1.82) is 0 Å². The van der Waals surface area contributed by atoms with Crippen LogP contribution in [-0.2, 0) is 16.9 Å². The second-order valence-corrected chi connectivity index (χ2v) is 7.13. The van der Waals surface area contributed by atoms with Gasteiger partial charge < -0.3 is 10.1 Å². The van der Waals surface area contributed by atoms with Crippen LogP contribution in [0.2, 0.25) is 0 Å². The first-order valence-electron chi connectivity index (χ1n) is 9.59. The summed E-state index contributed by atoms with van der Waals surface area (Å²) in [5.74, 6) is 0.306. The van der Waals surface area contributed by atoms with E-state index < -0.39 is 17.5 Å². The number of benzene rings is 3. The summed E-state index contributed by atoms with van der Waals surface area (Å²) in [6.07, 6.45) is 1.48. The van der Waals surface area contributed by atoms with Gasteiger partial charge in [0.15, 0.2) is 0 Å². The summed E-state index contributed by atoms with van der Waals surface area (Å²) in [4.78, 5) is 25.2. The van der Waals surface area contributed by atoms with Crippen molar-refractivity contribution in [2.45, 2.75) is 19.1 Å². The minimum atomic E-state index is -1.13. The fourth-order valence-corrected chi connectivity index (χ4v) is 3.21. The van der Waals surface area contributed by atoms with Crippen LogP contribution < -0.4 is 10.1 Å². The Labute approximate surface area is 174 Å². The van der Waals surface area contributed by atoms with Gasteiger partial charge in [0, 0.05) is 0 Å². The molecule has 0 saturated carbocycles. The van der Waals surface area contributed by atoms with Gasteiger partial charge in [0.2, 0.25) is 0 Å². The van der Waals surface area contributed by atoms with Gasteiger partial charge in [-0.3, -0.25) is 4.79 Å². The number of hydrogen-bond donors (Lipinski definition) is 1. The lowest BCUT2D eigenvalue weighted by molar-refractivity contribution is -0.131. The highest BCUT2D eigenvalue weighted by molar-refractivity contribution is 6.07. The van der Waals surface area contributed by atoms with Crippen molar-refractivity contribution in [1.82, 2.24) is 10.3 Å². The van der Waals surface area contributed by atoms with E-state index in [9.17, 15) is 9.59 Å². The molecule has 1 saturated heterocycles. The van der Waals surface area contributed by atoms with E-state index in [1.165, 1.54) is 6.21 Å². The number of rotatable bonds is 6. The summed E-state index contributed by atoms with van der Waals surface area (Å²) >= 11 is 0. The molecule has 150 valence electrons. The van der Waals surface area contributed by atoms with Crippen molar-refractivity contribution in [3.63, 3.8) is 0 Å². The highest BCUT2D eigenvalue weighted by Crippen LogP contribution is 2.28. The molecule has 4 rings (SSSR count). The topological polar surface area (TPSA) is 71.0 Å². The summed E-state index contributed by atoms with van der Waals surface area (Å²) in [5, 5.41) is 7.70. The van der Waals surface area contributed by atoms with Crippen LogP contribution in [0, 0.1) is 0 Å². The number of carbonyl (C=O) groups is 2. The van der Waals surface area contributed by atoms with E-state index in [4.69, 9.17) is 4.74 Å². The number of hydrogen-bond acceptors (Lipinski definition) is 4. The van der Waals surface area contributed by atoms with E-state index >= 15 is 0 Å². The maximum Gasteiger partial charge on any atom is 0.346 e. The fraction of sp³-hybridized carbons (Fsp3) is 0.125. The highest BCUT2D eigenvalue weighted by Gasteiger charge is 2.49. The van der Waals surface area contributed by atoms with Crippen LogP contribution in [0.5, 0.6) is 5.75 Å². The molecule has 3 amide bonds. The van der Waals surface area contributed by atoms with Gasteiger partial charge in [-0.1, -0.05) is 60.7 Å². The molecule has 6 nitrogen and oxygen atoms in total. The Morgan fingerprint density at radius 1 is 0.933 bits per heavy atom. The molecule has 0 aliphatic carbocycles. The highest BCUT2D eigenvalue weighted by atomic mass is 16.5. The van der Waals surface area contributed by atoms with E-state index in [2.05, 4.69) is 10.4 Å². The SMILES string of the molecule is C[C@]1(c2ccccc2)NC(=O)N(/N=C\c2ccc(OCc3ccccc3)cc2)C1=O. The molecular formula is C24H21N3O3. The normalized spacial score (nSPS) is 18.6. The number of carbonyl (C=O) groups excluding carboxylic acids is 2. The lowest BCUT2D eigenvalue weighted by Crippen LogP contribution is -2.40. The van der Waals surface area contributed by atoms with Crippen LogP contribution in [0.1, 0.15) is 23.6 Å². The summed E-state index contributed by atoms with van der Waals surface area (Å²) in [6, 6.07) is 25.8. The van der Waals surface area contributed by atoms with Crippen molar-refractivity contribution < 1.29 is 14.3 Å². The Kier molecular flexibility index (Phi) is 5.30. The Balaban J connectivity index is 1.42. The molecule has 1 fully saturated rings. The number of amides is 3. The van der Waals surface area contributed by atoms with Crippen LogP contribution in [-0.4, -0.2) is 23.2 Å². The number of hydrazone groups is 1. The summed E-state index contributed by atoms with van der Waals surface area (Å²) in [6.45, 7) is 2.16. The zero-order valence-electron chi connectivity index (χ0n) is 16.5. The molecule has 0 radical (unpaired) electrons. The smallest absolute Gasteiger partial charge is 0.346 e. The minimum absolute atomic E-state index is 0.419. The molecule has 1 atom stereocenters. The van der Waals surface area contributed by atoms with E-state index in [0.29, 0.717) is 12.2 Å². The zero-order chi connectivity index (χ0) is 21.0. The van der Waals surface area contributed by atoms with Gasteiger partial charge >= 0.3 is 6.03 Å². The van der Waals surface area contributed by atoms with Crippen LogP contribution in [0.15, 0.2) is 90.0 Å². The van der Waals surface area contributed by atoms with Gasteiger partial charge in [0.05, 0.1) is 6.21 Å². The van der Waals surface area contributed by atoms with Gasteiger partial charge in [-0.2, -0.15) is 5.10 Å². The average molecular weight is 399 g/mol. The number of nitrogens with zero attached hydrogens (tertiary/aromatic N) is 2. The van der Waals surface area contributed by atoms with Crippen LogP contribution in [0.3, 0.4) is 0 Å². The predicted molar refractivity (Wildman–Crippen MR) is 114 cm³/mol. The molecule has 1 N–H and O–H groups in total. The Morgan fingerprint density at radius 2 is 1.57 bits per heavy atom. The number of ether oxygens (including phenoxy) is 1. The molecule has 0 spiro atoms. The monoisotopic (exact) mass is 399 g/mol. The first-order valence-corrected chi connectivity index (χ1v) is 9.59. The third-order valence-corrected chi connectivity index (χ3v) is 4.97. The third kappa shape index (κ3) is 3.93. The molecule has 0 unspecified atom stereocenters. The van der Waals surface area contributed by atoms with E-state index in [1.54, 1.807) is 19.1 Å². The summed E-state index contributed by atoms with van der Waals surface area (Å²) in [5.41, 5.74) is 1.41. The van der Waals surface area contributed by atoms with E-state index in [0.717, 1.165) is 21.9 Å². The summed E-state index contributed by atoms with van der Waals surface area (Å²) < 4.78 is 5.76. The quantitative estimate of drug-likeness (QED) is 0.502. The van der Waals surface area contributed by atoms with Crippen LogP contribution in [0.25, 0.3) is 0 Å². The zero-order valence-corrected chi connectivity index (χ0v) is 16.5. The molecule has 0 bridgehead atoms. The standard InChI is InChI=1S/C24H21N3O3/c1-24(20-10-6-3-7-11-20)22(28)27(23(29)26-24)25-16-18-12-14-21(15-13-18)30-17-19-8-4-2-5-9-19/h2-16H,17H2,1H3,(H,26,29)/b25-16-/t24-/m1/s1. The van der Waals surface area contributed by atoms with Crippen LogP contribution in [0.4, 0.5) is 4.79 Å². The molecule has 6 heteroatoms. The largest absolute Gasteiger partial charge is 0.489 e. The first-order chi connectivity index (χ1) is 14.6. The molecular weight excluding hydrogens is 378 g/mol. The number of urea groups is 1. The second-order valence-electron chi connectivity index (χ2n) is 7.13. The molecule has 1 aliphatic rings. The molecule has 30 heavy (non-hydrogen) atoms. The predicted octanol–water partition coefficient (Wildman–Crippen LogP) is 4.07. The molecule has 3 aromatic rings. The van der Waals surface area contributed by atoms with Gasteiger partial charge in [-0.25, -0.2) is 4.79 Å². The van der Waals surface area contributed by atoms with E-state index in [1.807, 2.05) is 72.8 Å². The van der Waals surface area contributed by atoms with Gasteiger partial charge in [-0.15, -0.1) is 5.01 Å². The van der Waals surface area contributed by atoms with Gasteiger partial charge in [0.1, 0.15) is 17.9 Å². The van der Waals surface area contributed by atoms with Crippen molar-refractivity contribution in [2.24, 2.45) is 5.10 Å². The maximum absolute atomic E-state index is 12.8. The van der Waals surface area contributed by atoms with Gasteiger partial charge in [0.25, 0.3) is 5.91 Å². The molecule has 0 aromatic heterocycles. The van der Waals surface area contributed by atoms with Crippen molar-refractivity contribution in [2.75, 3.05) is 0 Å². The third-order valence-electron chi connectivity index (χ3n) is 4.97. The van der Waals surface area contributed by atoms with Crippen LogP contribution >= 0.6 is 0 Å². The Bertz CT molecular complexity index is 1070. The van der Waals surface area contributed by atoms with Crippen molar-refractivity contribution in [3.8, 4) is 5.75 Å². The molecule has 1 heterocycles. The molecule has 3 aromatic carbocycles. The fourth-order valence-electron chi connectivity index (χ4n) is 3.21. The average Bonchev–Trinajstić information content (AvgIpc) is 3.01. The van der Waals surface area contributed by atoms with Crippen molar-refractivity contribution >= 4 is 18.2 Å². The lowest BCUT2D eigenvalue weighted by Gasteiger charge is -2.20. The molecule has 1 aliphatic heterocycles. The Hall–Kier alpha value is -3.93. The van der Waals surface area contributed by atoms with Gasteiger partial charge in [-0.05, 0) is 47.9 Å². The first kappa shape index (κ1) is 19.4. The summed E-state index contributed by atoms with van der Waals surface area (Å²) in [7, 11) is 0. The Morgan fingerprint density at radius 3 is 2.23 bits per heavy atom. The minimum Gasteiger partial charge on any atom is -0.489 e. The maximum atomic E-state index is 12.8. The second kappa shape index (κ2) is 8.21. The lowest BCUT2D eigenvalue weighted by atomic mass is 9.92. The number of imide groups is 1.